The van der Waals surface area contributed by atoms with Crippen LogP contribution in [0, 0.1) is 0 Å². The van der Waals surface area contributed by atoms with E-state index in [1.165, 1.54) is 6.92 Å². The van der Waals surface area contributed by atoms with Gasteiger partial charge in [0.1, 0.15) is 13.2 Å². The zero-order valence-corrected chi connectivity index (χ0v) is 13.3. The summed E-state index contributed by atoms with van der Waals surface area (Å²) in [7, 11) is 0. The van der Waals surface area contributed by atoms with Crippen molar-refractivity contribution in [1.29, 1.82) is 0 Å². The van der Waals surface area contributed by atoms with Crippen molar-refractivity contribution in [1.82, 2.24) is 5.32 Å². The Labute approximate surface area is 142 Å². The van der Waals surface area contributed by atoms with Crippen LogP contribution in [-0.2, 0) is 23.8 Å². The molecule has 0 aliphatic rings. The molecule has 0 rings (SSSR count). The molecular formula is C17H37NO5. The van der Waals surface area contributed by atoms with E-state index in [1.54, 1.807) is 0 Å². The fourth-order valence-corrected chi connectivity index (χ4v) is 1.54. The van der Waals surface area contributed by atoms with Gasteiger partial charge in [0, 0.05) is 19.6 Å². The largest absolute Gasteiger partial charge is 0.380 e. The van der Waals surface area contributed by atoms with Gasteiger partial charge in [-0.1, -0.05) is 21.8 Å². The van der Waals surface area contributed by atoms with E-state index < -0.39 is 0 Å². The Balaban J connectivity index is -0.00000200. The molecule has 6 nitrogen and oxygen atoms in total. The van der Waals surface area contributed by atoms with Crippen molar-refractivity contribution in [2.75, 3.05) is 52.7 Å². The van der Waals surface area contributed by atoms with Crippen molar-refractivity contribution < 1.29 is 23.8 Å². The first-order chi connectivity index (χ1) is 10.2. The van der Waals surface area contributed by atoms with Crippen LogP contribution >= 0.6 is 0 Å². The fourth-order valence-electron chi connectivity index (χ4n) is 1.54. The van der Waals surface area contributed by atoms with Crippen molar-refractivity contribution in [3.05, 3.63) is 0 Å². The number of carbonyl (C=O) groups is 2. The maximum absolute atomic E-state index is 11.5. The molecule has 1 N–H and O–H groups in total. The molecule has 0 atom stereocenters. The second-order valence-electron chi connectivity index (χ2n) is 4.77. The fraction of sp³-hybridized carbons (Fsp3) is 0.882. The van der Waals surface area contributed by atoms with Crippen LogP contribution in [0.5, 0.6) is 0 Å². The maximum atomic E-state index is 11.5. The van der Waals surface area contributed by atoms with Crippen molar-refractivity contribution in [3.8, 4) is 0 Å². The number of hydrogen-bond acceptors (Lipinski definition) is 6. The molecule has 0 saturated carbocycles. The van der Waals surface area contributed by atoms with E-state index >= 15 is 0 Å². The molecule has 0 heterocycles. The Morgan fingerprint density at radius 3 is 2.13 bits per heavy atom. The third kappa shape index (κ3) is 23.6. The first kappa shape index (κ1) is 27.0. The third-order valence-corrected chi connectivity index (χ3v) is 2.61. The average Bonchev–Trinajstić information content (AvgIpc) is 2.45. The van der Waals surface area contributed by atoms with Crippen molar-refractivity contribution in [2.45, 2.75) is 48.0 Å². The summed E-state index contributed by atoms with van der Waals surface area (Å²) in [6.45, 7) is 7.66. The lowest BCUT2D eigenvalue weighted by Gasteiger charge is -2.05. The van der Waals surface area contributed by atoms with Gasteiger partial charge in [-0.2, -0.15) is 0 Å². The summed E-state index contributed by atoms with van der Waals surface area (Å²) < 4.78 is 15.6. The molecule has 0 amide bonds. The number of carbonyl (C=O) groups excluding carboxylic acids is 2. The van der Waals surface area contributed by atoms with E-state index in [2.05, 4.69) is 12.2 Å². The quantitative estimate of drug-likeness (QED) is 0.436. The minimum atomic E-state index is -0.0150. The number of ketones is 2. The molecule has 0 radical (unpaired) electrons. The molecule has 0 fully saturated rings. The topological polar surface area (TPSA) is 73.9 Å². The van der Waals surface area contributed by atoms with Crippen LogP contribution in [0.15, 0.2) is 0 Å². The molecule has 0 aliphatic heterocycles. The van der Waals surface area contributed by atoms with Gasteiger partial charge in [-0.3, -0.25) is 9.59 Å². The van der Waals surface area contributed by atoms with Crippen LogP contribution in [0.25, 0.3) is 0 Å². The zero-order valence-electron chi connectivity index (χ0n) is 13.3. The molecule has 0 spiro atoms. The minimum Gasteiger partial charge on any atom is -0.380 e. The smallest absolute Gasteiger partial charge is 0.158 e. The summed E-state index contributed by atoms with van der Waals surface area (Å²) in [5.41, 5.74) is 0. The molecule has 6 heteroatoms. The van der Waals surface area contributed by atoms with Crippen LogP contribution < -0.4 is 5.32 Å². The molecule has 0 aliphatic carbocycles. The Hall–Kier alpha value is -0.820. The second kappa shape index (κ2) is 21.2. The summed E-state index contributed by atoms with van der Waals surface area (Å²) in [5, 5.41) is 3.18. The van der Waals surface area contributed by atoms with Crippen molar-refractivity contribution in [2.24, 2.45) is 0 Å². The van der Waals surface area contributed by atoms with Crippen LogP contribution in [0.4, 0.5) is 0 Å². The van der Waals surface area contributed by atoms with Gasteiger partial charge in [-0.15, -0.1) is 0 Å². The van der Waals surface area contributed by atoms with Crippen molar-refractivity contribution >= 4 is 11.6 Å². The van der Waals surface area contributed by atoms with E-state index in [1.807, 2.05) is 0 Å². The van der Waals surface area contributed by atoms with Crippen LogP contribution in [0.1, 0.15) is 48.0 Å². The Bertz CT molecular complexity index is 272. The summed E-state index contributed by atoms with van der Waals surface area (Å²) >= 11 is 0. The molecule has 0 bridgehead atoms. The standard InChI is InChI=1S/C15H29NO5.2CH4/c1-3-16-7-9-19-8-5-4-6-15(18)13-21-11-10-20-12-14(2)17;;/h16H,3-13H2,1-2H3;2*1H4. The number of ether oxygens (including phenoxy) is 3. The number of Topliss-reactive ketones (excluding diaryl/α,β-unsaturated/α-hetero) is 2. The van der Waals surface area contributed by atoms with Gasteiger partial charge >= 0.3 is 0 Å². The summed E-state index contributed by atoms with van der Waals surface area (Å²) in [6.07, 6.45) is 2.23. The highest BCUT2D eigenvalue weighted by Gasteiger charge is 2.02. The van der Waals surface area contributed by atoms with Gasteiger partial charge < -0.3 is 19.5 Å². The number of nitrogens with one attached hydrogen (secondary N) is 1. The van der Waals surface area contributed by atoms with E-state index in [4.69, 9.17) is 14.2 Å². The van der Waals surface area contributed by atoms with Crippen LogP contribution in [-0.4, -0.2) is 64.3 Å². The highest BCUT2D eigenvalue weighted by molar-refractivity contribution is 5.79. The number of rotatable bonds is 16. The molecule has 0 unspecified atom stereocenters. The molecular weight excluding hydrogens is 298 g/mol. The molecule has 23 heavy (non-hydrogen) atoms. The lowest BCUT2D eigenvalue weighted by Crippen LogP contribution is -2.19. The normalized spacial score (nSPS) is 9.83. The number of unbranched alkanes of at least 4 members (excludes halogenated alkanes) is 1. The maximum Gasteiger partial charge on any atom is 0.158 e. The number of likely N-dealkylation sites (N-methyl/N-ethyl adjacent to an activating group) is 1. The summed E-state index contributed by atoms with van der Waals surface area (Å²) in [6, 6.07) is 0. The highest BCUT2D eigenvalue weighted by atomic mass is 16.5. The highest BCUT2D eigenvalue weighted by Crippen LogP contribution is 1.98. The van der Waals surface area contributed by atoms with E-state index in [0.717, 1.165) is 25.9 Å². The van der Waals surface area contributed by atoms with Gasteiger partial charge in [-0.05, 0) is 26.3 Å². The molecule has 0 aromatic rings. The van der Waals surface area contributed by atoms with Gasteiger partial charge in [0.05, 0.1) is 19.8 Å². The summed E-state index contributed by atoms with van der Waals surface area (Å²) in [5.74, 6) is 0.0768. The van der Waals surface area contributed by atoms with Gasteiger partial charge in [-0.25, -0.2) is 0 Å². The van der Waals surface area contributed by atoms with Gasteiger partial charge in [0.2, 0.25) is 0 Å². The van der Waals surface area contributed by atoms with Crippen molar-refractivity contribution in [3.63, 3.8) is 0 Å². The average molecular weight is 335 g/mol. The Morgan fingerprint density at radius 2 is 1.52 bits per heavy atom. The van der Waals surface area contributed by atoms with Gasteiger partial charge in [0.25, 0.3) is 0 Å². The molecule has 140 valence electrons. The lowest BCUT2D eigenvalue weighted by atomic mass is 10.2. The van der Waals surface area contributed by atoms with E-state index in [-0.39, 0.29) is 39.6 Å². The predicted molar refractivity (Wildman–Crippen MR) is 94.0 cm³/mol. The number of hydrogen-bond donors (Lipinski definition) is 1. The van der Waals surface area contributed by atoms with E-state index in [0.29, 0.717) is 32.8 Å². The minimum absolute atomic E-state index is 0. The lowest BCUT2D eigenvalue weighted by molar-refractivity contribution is -0.126. The molecule has 0 saturated heterocycles. The molecule has 0 aromatic heterocycles. The SMILES string of the molecule is C.C.CCNCCOCCCCC(=O)COCCOCC(C)=O. The first-order valence-corrected chi connectivity index (χ1v) is 7.62. The zero-order chi connectivity index (χ0) is 15.8. The van der Waals surface area contributed by atoms with Crippen LogP contribution in [0.2, 0.25) is 0 Å². The Morgan fingerprint density at radius 1 is 0.870 bits per heavy atom. The molecule has 0 aromatic carbocycles. The second-order valence-corrected chi connectivity index (χ2v) is 4.77. The predicted octanol–water partition coefficient (Wildman–Crippen LogP) is 2.25. The van der Waals surface area contributed by atoms with Crippen LogP contribution in [0.3, 0.4) is 0 Å². The summed E-state index contributed by atoms with van der Waals surface area (Å²) in [4.78, 5) is 22.1. The first-order valence-electron chi connectivity index (χ1n) is 7.62. The Kier molecular flexibility index (Phi) is 24.9. The third-order valence-electron chi connectivity index (χ3n) is 2.61. The van der Waals surface area contributed by atoms with E-state index in [9.17, 15) is 9.59 Å². The van der Waals surface area contributed by atoms with Gasteiger partial charge in [0.15, 0.2) is 11.6 Å². The monoisotopic (exact) mass is 335 g/mol.